The van der Waals surface area contributed by atoms with E-state index in [1.807, 2.05) is 47.4 Å². The minimum absolute atomic E-state index is 0.0145. The van der Waals surface area contributed by atoms with Gasteiger partial charge in [0.25, 0.3) is 5.91 Å². The Morgan fingerprint density at radius 1 is 1.07 bits per heavy atom. The van der Waals surface area contributed by atoms with Crippen molar-refractivity contribution in [1.29, 1.82) is 0 Å². The second-order valence-corrected chi connectivity index (χ2v) is 7.67. The van der Waals surface area contributed by atoms with Gasteiger partial charge < -0.3 is 14.4 Å². The minimum Gasteiger partial charge on any atom is -0.486 e. The van der Waals surface area contributed by atoms with E-state index < -0.39 is 0 Å². The van der Waals surface area contributed by atoms with Crippen LogP contribution in [-0.2, 0) is 0 Å². The first-order chi connectivity index (χ1) is 14.2. The summed E-state index contributed by atoms with van der Waals surface area (Å²) in [7, 11) is 0. The number of ether oxygens (including phenoxy) is 2. The molecule has 0 bridgehead atoms. The van der Waals surface area contributed by atoms with Crippen LogP contribution < -0.4 is 9.47 Å². The van der Waals surface area contributed by atoms with E-state index in [1.54, 1.807) is 6.07 Å². The molecule has 0 saturated carbocycles. The number of hydrogen-bond acceptors (Lipinski definition) is 4. The van der Waals surface area contributed by atoms with E-state index in [1.165, 1.54) is 0 Å². The van der Waals surface area contributed by atoms with E-state index in [0.29, 0.717) is 30.5 Å². The lowest BCUT2D eigenvalue weighted by Crippen LogP contribution is -2.31. The number of hydrogen-bond donors (Lipinski definition) is 1. The SMILES string of the molecule is O=C(c1cc(-c2ccc(Cl)cc2)n[nH]1)N1CCC[C@H]1c1ccc2c(c1)OCCO2. The van der Waals surface area contributed by atoms with Gasteiger partial charge in [0.1, 0.15) is 18.9 Å². The molecule has 0 aliphatic carbocycles. The van der Waals surface area contributed by atoms with Crippen LogP contribution in [0.5, 0.6) is 11.5 Å². The third kappa shape index (κ3) is 3.44. The number of carbonyl (C=O) groups is 1. The fourth-order valence-corrected chi connectivity index (χ4v) is 4.10. The Hall–Kier alpha value is -2.99. The summed E-state index contributed by atoms with van der Waals surface area (Å²) in [5, 5.41) is 7.88. The Morgan fingerprint density at radius 2 is 1.86 bits per heavy atom. The van der Waals surface area contributed by atoms with Gasteiger partial charge in [0.15, 0.2) is 11.5 Å². The van der Waals surface area contributed by atoms with Crippen molar-refractivity contribution in [3.63, 3.8) is 0 Å². The van der Waals surface area contributed by atoms with Crippen molar-refractivity contribution in [1.82, 2.24) is 15.1 Å². The van der Waals surface area contributed by atoms with Gasteiger partial charge in [0.2, 0.25) is 0 Å². The fraction of sp³-hybridized carbons (Fsp3) is 0.273. The normalized spacial score (nSPS) is 18.1. The van der Waals surface area contributed by atoms with E-state index in [2.05, 4.69) is 10.2 Å². The zero-order valence-electron chi connectivity index (χ0n) is 15.7. The maximum atomic E-state index is 13.2. The molecule has 2 aromatic carbocycles. The molecule has 1 N–H and O–H groups in total. The molecule has 29 heavy (non-hydrogen) atoms. The van der Waals surface area contributed by atoms with Gasteiger partial charge in [-0.05, 0) is 48.7 Å². The third-order valence-electron chi connectivity index (χ3n) is 5.41. The molecule has 5 rings (SSSR count). The summed E-state index contributed by atoms with van der Waals surface area (Å²) in [6, 6.07) is 15.2. The number of amides is 1. The van der Waals surface area contributed by atoms with Crippen molar-refractivity contribution < 1.29 is 14.3 Å². The van der Waals surface area contributed by atoms with Crippen molar-refractivity contribution in [2.24, 2.45) is 0 Å². The van der Waals surface area contributed by atoms with Gasteiger partial charge in [-0.3, -0.25) is 9.89 Å². The maximum absolute atomic E-state index is 13.2. The summed E-state index contributed by atoms with van der Waals surface area (Å²) in [5.74, 6) is 1.46. The van der Waals surface area contributed by atoms with E-state index in [-0.39, 0.29) is 11.9 Å². The summed E-state index contributed by atoms with van der Waals surface area (Å²) >= 11 is 5.95. The highest BCUT2D eigenvalue weighted by molar-refractivity contribution is 6.30. The molecule has 1 aromatic heterocycles. The smallest absolute Gasteiger partial charge is 0.272 e. The molecule has 7 heteroatoms. The van der Waals surface area contributed by atoms with Crippen molar-refractivity contribution in [3.05, 3.63) is 64.8 Å². The Morgan fingerprint density at radius 3 is 2.69 bits per heavy atom. The molecular formula is C22H20ClN3O3. The third-order valence-corrected chi connectivity index (χ3v) is 5.66. The van der Waals surface area contributed by atoms with Crippen LogP contribution in [0.1, 0.15) is 34.9 Å². The molecule has 6 nitrogen and oxygen atoms in total. The van der Waals surface area contributed by atoms with Crippen LogP contribution in [0.4, 0.5) is 0 Å². The zero-order chi connectivity index (χ0) is 19.8. The molecule has 1 saturated heterocycles. The van der Waals surface area contributed by atoms with Crippen molar-refractivity contribution in [3.8, 4) is 22.8 Å². The molecule has 3 heterocycles. The quantitative estimate of drug-likeness (QED) is 0.692. The minimum atomic E-state index is -0.0462. The second-order valence-electron chi connectivity index (χ2n) is 7.23. The largest absolute Gasteiger partial charge is 0.486 e. The van der Waals surface area contributed by atoms with Crippen molar-refractivity contribution >= 4 is 17.5 Å². The predicted molar refractivity (Wildman–Crippen MR) is 109 cm³/mol. The monoisotopic (exact) mass is 409 g/mol. The number of benzene rings is 2. The van der Waals surface area contributed by atoms with E-state index in [9.17, 15) is 4.79 Å². The first-order valence-electron chi connectivity index (χ1n) is 9.71. The van der Waals surface area contributed by atoms with Gasteiger partial charge in [0, 0.05) is 17.1 Å². The summed E-state index contributed by atoms with van der Waals surface area (Å²) < 4.78 is 11.3. The molecular weight excluding hydrogens is 390 g/mol. The van der Waals surface area contributed by atoms with Crippen LogP contribution in [0, 0.1) is 0 Å². The highest BCUT2D eigenvalue weighted by atomic mass is 35.5. The first-order valence-corrected chi connectivity index (χ1v) is 10.1. The number of nitrogens with zero attached hydrogens (tertiary/aromatic N) is 2. The van der Waals surface area contributed by atoms with Crippen LogP contribution >= 0.6 is 11.6 Å². The number of aromatic nitrogens is 2. The molecule has 0 unspecified atom stereocenters. The van der Waals surface area contributed by atoms with Gasteiger partial charge in [0.05, 0.1) is 11.7 Å². The summed E-state index contributed by atoms with van der Waals surface area (Å²) in [6.07, 6.45) is 1.88. The standard InChI is InChI=1S/C22H20ClN3O3/c23-16-6-3-14(4-7-16)17-13-18(25-24-17)22(27)26-9-1-2-19(26)15-5-8-20-21(12-15)29-11-10-28-20/h3-8,12-13,19H,1-2,9-11H2,(H,24,25)/t19-/m0/s1. The van der Waals surface area contributed by atoms with Gasteiger partial charge in [-0.2, -0.15) is 5.10 Å². The van der Waals surface area contributed by atoms with Gasteiger partial charge >= 0.3 is 0 Å². The lowest BCUT2D eigenvalue weighted by Gasteiger charge is -2.26. The van der Waals surface area contributed by atoms with Crippen LogP contribution in [0.15, 0.2) is 48.5 Å². The number of fused-ring (bicyclic) bond motifs is 1. The molecule has 3 aromatic rings. The molecule has 0 radical (unpaired) electrons. The Kier molecular flexibility index (Phi) is 4.64. The molecule has 1 atom stereocenters. The number of nitrogens with one attached hydrogen (secondary N) is 1. The summed E-state index contributed by atoms with van der Waals surface area (Å²) in [5.41, 5.74) is 3.19. The highest BCUT2D eigenvalue weighted by Crippen LogP contribution is 2.38. The number of rotatable bonds is 3. The van der Waals surface area contributed by atoms with Gasteiger partial charge in [-0.15, -0.1) is 0 Å². The van der Waals surface area contributed by atoms with Crippen LogP contribution in [0.3, 0.4) is 0 Å². The van der Waals surface area contributed by atoms with Crippen LogP contribution in [0.25, 0.3) is 11.3 Å². The zero-order valence-corrected chi connectivity index (χ0v) is 16.5. The van der Waals surface area contributed by atoms with Crippen LogP contribution in [-0.4, -0.2) is 40.8 Å². The number of aromatic amines is 1. The number of carbonyl (C=O) groups excluding carboxylic acids is 1. The number of H-pyrrole nitrogens is 1. The van der Waals surface area contributed by atoms with E-state index in [0.717, 1.165) is 41.2 Å². The van der Waals surface area contributed by atoms with E-state index in [4.69, 9.17) is 21.1 Å². The lowest BCUT2D eigenvalue weighted by molar-refractivity contribution is 0.0729. The van der Waals surface area contributed by atoms with Crippen molar-refractivity contribution in [2.75, 3.05) is 19.8 Å². The molecule has 2 aliphatic heterocycles. The van der Waals surface area contributed by atoms with Crippen molar-refractivity contribution in [2.45, 2.75) is 18.9 Å². The van der Waals surface area contributed by atoms with Gasteiger partial charge in [-0.25, -0.2) is 0 Å². The summed E-state index contributed by atoms with van der Waals surface area (Å²) in [4.78, 5) is 15.1. The number of likely N-dealkylation sites (tertiary alicyclic amines) is 1. The number of halogens is 1. The average Bonchev–Trinajstić information content (AvgIpc) is 3.44. The molecule has 1 amide bonds. The highest BCUT2D eigenvalue weighted by Gasteiger charge is 2.32. The Bertz CT molecular complexity index is 1050. The molecule has 2 aliphatic rings. The van der Waals surface area contributed by atoms with E-state index >= 15 is 0 Å². The van der Waals surface area contributed by atoms with Crippen LogP contribution in [0.2, 0.25) is 5.02 Å². The average molecular weight is 410 g/mol. The Labute approximate surface area is 173 Å². The Balaban J connectivity index is 1.39. The van der Waals surface area contributed by atoms with Gasteiger partial charge in [-0.1, -0.05) is 29.8 Å². The fourth-order valence-electron chi connectivity index (χ4n) is 3.98. The maximum Gasteiger partial charge on any atom is 0.272 e. The topological polar surface area (TPSA) is 67.5 Å². The molecule has 0 spiro atoms. The predicted octanol–water partition coefficient (Wildman–Crippen LogP) is 4.48. The lowest BCUT2D eigenvalue weighted by atomic mass is 10.0. The first kappa shape index (κ1) is 18.1. The molecule has 148 valence electrons. The second kappa shape index (κ2) is 7.44. The summed E-state index contributed by atoms with van der Waals surface area (Å²) in [6.45, 7) is 1.83. The molecule has 1 fully saturated rings.